The van der Waals surface area contributed by atoms with Crippen LogP contribution in [0.3, 0.4) is 0 Å². The molecule has 1 amide bonds. The van der Waals surface area contributed by atoms with Gasteiger partial charge in [0.1, 0.15) is 0 Å². The molecule has 0 fully saturated rings. The fraction of sp³-hybridized carbons (Fsp3) is 0.889. The molecule has 0 aromatic heterocycles. The van der Waals surface area contributed by atoms with E-state index in [1.807, 2.05) is 5.43 Å². The van der Waals surface area contributed by atoms with Gasteiger partial charge >= 0.3 is 0 Å². The summed E-state index contributed by atoms with van der Waals surface area (Å²) in [5.41, 5.74) is 2.04. The molecule has 0 aromatic carbocycles. The predicted molar refractivity (Wildman–Crippen MR) is 51.7 cm³/mol. The SMILES string of the molecule is CCCCC[C@H](O)CCC(=O)NN. The summed E-state index contributed by atoms with van der Waals surface area (Å²) < 4.78 is 0. The molecule has 0 saturated heterocycles. The third kappa shape index (κ3) is 7.74. The van der Waals surface area contributed by atoms with Crippen molar-refractivity contribution in [2.75, 3.05) is 0 Å². The molecule has 0 aromatic rings. The number of carbonyl (C=O) groups excluding carboxylic acids is 1. The Morgan fingerprint density at radius 2 is 2.15 bits per heavy atom. The van der Waals surface area contributed by atoms with Crippen LogP contribution in [0.4, 0.5) is 0 Å². The van der Waals surface area contributed by atoms with Gasteiger partial charge in [0.05, 0.1) is 6.10 Å². The van der Waals surface area contributed by atoms with E-state index < -0.39 is 0 Å². The van der Waals surface area contributed by atoms with Crippen LogP contribution in [-0.4, -0.2) is 17.1 Å². The second-order valence-corrected chi connectivity index (χ2v) is 3.26. The quantitative estimate of drug-likeness (QED) is 0.238. The van der Waals surface area contributed by atoms with Crippen LogP contribution in [0.1, 0.15) is 45.4 Å². The first-order chi connectivity index (χ1) is 6.20. The topological polar surface area (TPSA) is 75.3 Å². The van der Waals surface area contributed by atoms with Gasteiger partial charge in [0.25, 0.3) is 0 Å². The van der Waals surface area contributed by atoms with Crippen molar-refractivity contribution >= 4 is 5.91 Å². The van der Waals surface area contributed by atoms with E-state index in [0.717, 1.165) is 25.7 Å². The van der Waals surface area contributed by atoms with Crippen LogP contribution in [0.15, 0.2) is 0 Å². The largest absolute Gasteiger partial charge is 0.393 e. The van der Waals surface area contributed by atoms with Gasteiger partial charge in [-0.2, -0.15) is 0 Å². The van der Waals surface area contributed by atoms with Crippen LogP contribution in [0.2, 0.25) is 0 Å². The Kier molecular flexibility index (Phi) is 7.63. The van der Waals surface area contributed by atoms with Crippen molar-refractivity contribution in [1.29, 1.82) is 0 Å². The van der Waals surface area contributed by atoms with Gasteiger partial charge in [-0.25, -0.2) is 5.84 Å². The van der Waals surface area contributed by atoms with E-state index >= 15 is 0 Å². The van der Waals surface area contributed by atoms with Crippen LogP contribution >= 0.6 is 0 Å². The first kappa shape index (κ1) is 12.4. The molecule has 0 rings (SSSR count). The van der Waals surface area contributed by atoms with Crippen LogP contribution in [0.25, 0.3) is 0 Å². The number of aliphatic hydroxyl groups is 1. The summed E-state index contributed by atoms with van der Waals surface area (Å²) in [7, 11) is 0. The number of aliphatic hydroxyl groups excluding tert-OH is 1. The molecule has 0 bridgehead atoms. The first-order valence-electron chi connectivity index (χ1n) is 4.88. The number of nitrogens with two attached hydrogens (primary N) is 1. The number of amides is 1. The number of hydrogen-bond donors (Lipinski definition) is 3. The second kappa shape index (κ2) is 8.01. The average molecular weight is 188 g/mol. The molecule has 4 N–H and O–H groups in total. The van der Waals surface area contributed by atoms with Gasteiger partial charge in [-0.15, -0.1) is 0 Å². The molecule has 0 heterocycles. The molecule has 0 unspecified atom stereocenters. The van der Waals surface area contributed by atoms with Crippen molar-refractivity contribution in [3.05, 3.63) is 0 Å². The third-order valence-electron chi connectivity index (χ3n) is 2.01. The third-order valence-corrected chi connectivity index (χ3v) is 2.01. The summed E-state index contributed by atoms with van der Waals surface area (Å²) in [6, 6.07) is 0. The zero-order valence-electron chi connectivity index (χ0n) is 8.25. The minimum Gasteiger partial charge on any atom is -0.393 e. The van der Waals surface area contributed by atoms with Gasteiger partial charge in [0.15, 0.2) is 0 Å². The molecular formula is C9H20N2O2. The van der Waals surface area contributed by atoms with Crippen molar-refractivity contribution in [1.82, 2.24) is 5.43 Å². The Labute approximate surface area is 79.5 Å². The lowest BCUT2D eigenvalue weighted by molar-refractivity contribution is -0.121. The average Bonchev–Trinajstić information content (AvgIpc) is 2.14. The van der Waals surface area contributed by atoms with Crippen LogP contribution < -0.4 is 11.3 Å². The second-order valence-electron chi connectivity index (χ2n) is 3.26. The van der Waals surface area contributed by atoms with Gasteiger partial charge in [-0.3, -0.25) is 10.2 Å². The summed E-state index contributed by atoms with van der Waals surface area (Å²) in [6.07, 6.45) is 4.56. The molecule has 78 valence electrons. The van der Waals surface area contributed by atoms with Crippen molar-refractivity contribution in [2.24, 2.45) is 5.84 Å². The van der Waals surface area contributed by atoms with Crippen molar-refractivity contribution < 1.29 is 9.90 Å². The van der Waals surface area contributed by atoms with Gasteiger partial charge in [0, 0.05) is 6.42 Å². The molecule has 13 heavy (non-hydrogen) atoms. The molecule has 0 radical (unpaired) electrons. The van der Waals surface area contributed by atoms with Gasteiger partial charge < -0.3 is 5.11 Å². The Morgan fingerprint density at radius 1 is 1.46 bits per heavy atom. The minimum atomic E-state index is -0.358. The highest BCUT2D eigenvalue weighted by Crippen LogP contribution is 2.07. The van der Waals surface area contributed by atoms with Crippen molar-refractivity contribution in [2.45, 2.75) is 51.6 Å². The molecule has 4 nitrogen and oxygen atoms in total. The fourth-order valence-corrected chi connectivity index (χ4v) is 1.14. The number of rotatable bonds is 7. The number of unbranched alkanes of at least 4 members (excludes halogenated alkanes) is 2. The zero-order chi connectivity index (χ0) is 10.1. The monoisotopic (exact) mass is 188 g/mol. The predicted octanol–water partition coefficient (Wildman–Crippen LogP) is 0.698. The smallest absolute Gasteiger partial charge is 0.233 e. The van der Waals surface area contributed by atoms with E-state index in [1.54, 1.807) is 0 Å². The molecule has 1 atom stereocenters. The molecule has 0 aliphatic heterocycles. The molecule has 0 spiro atoms. The van der Waals surface area contributed by atoms with Crippen LogP contribution in [-0.2, 0) is 4.79 Å². The van der Waals surface area contributed by atoms with E-state index in [-0.39, 0.29) is 12.0 Å². The number of carbonyl (C=O) groups is 1. The van der Waals surface area contributed by atoms with E-state index in [2.05, 4.69) is 6.92 Å². The minimum absolute atomic E-state index is 0.213. The number of hydrogen-bond acceptors (Lipinski definition) is 3. The van der Waals surface area contributed by atoms with E-state index in [9.17, 15) is 9.90 Å². The summed E-state index contributed by atoms with van der Waals surface area (Å²) in [5.74, 6) is 4.69. The summed E-state index contributed by atoms with van der Waals surface area (Å²) in [4.78, 5) is 10.7. The maximum Gasteiger partial charge on any atom is 0.233 e. The van der Waals surface area contributed by atoms with E-state index in [4.69, 9.17) is 5.84 Å². The lowest BCUT2D eigenvalue weighted by Gasteiger charge is -2.08. The standard InChI is InChI=1S/C9H20N2O2/c1-2-3-4-5-8(12)6-7-9(13)11-10/h8,12H,2-7,10H2,1H3,(H,11,13)/t8-/m0/s1. The Morgan fingerprint density at radius 3 is 2.69 bits per heavy atom. The van der Waals surface area contributed by atoms with Crippen molar-refractivity contribution in [3.8, 4) is 0 Å². The maximum atomic E-state index is 10.7. The van der Waals surface area contributed by atoms with Crippen LogP contribution in [0, 0.1) is 0 Å². The molecular weight excluding hydrogens is 168 g/mol. The zero-order valence-corrected chi connectivity index (χ0v) is 8.25. The molecule has 0 saturated carbocycles. The Bertz CT molecular complexity index is 140. The highest BCUT2D eigenvalue weighted by molar-refractivity contribution is 5.75. The van der Waals surface area contributed by atoms with Gasteiger partial charge in [0.2, 0.25) is 5.91 Å². The molecule has 0 aliphatic carbocycles. The molecule has 4 heteroatoms. The Balaban J connectivity index is 3.29. The summed E-state index contributed by atoms with van der Waals surface area (Å²) in [6.45, 7) is 2.12. The lowest BCUT2D eigenvalue weighted by Crippen LogP contribution is -2.30. The number of hydrazine groups is 1. The van der Waals surface area contributed by atoms with Gasteiger partial charge in [-0.1, -0.05) is 26.2 Å². The highest BCUT2D eigenvalue weighted by Gasteiger charge is 2.06. The molecule has 0 aliphatic rings. The summed E-state index contributed by atoms with van der Waals surface area (Å²) in [5, 5.41) is 9.40. The van der Waals surface area contributed by atoms with Gasteiger partial charge in [-0.05, 0) is 12.8 Å². The first-order valence-corrected chi connectivity index (χ1v) is 4.88. The Hall–Kier alpha value is -0.610. The van der Waals surface area contributed by atoms with Crippen LogP contribution in [0.5, 0.6) is 0 Å². The lowest BCUT2D eigenvalue weighted by atomic mass is 10.1. The maximum absolute atomic E-state index is 10.7. The fourth-order valence-electron chi connectivity index (χ4n) is 1.14. The number of nitrogens with one attached hydrogen (secondary N) is 1. The van der Waals surface area contributed by atoms with Crippen molar-refractivity contribution in [3.63, 3.8) is 0 Å². The highest BCUT2D eigenvalue weighted by atomic mass is 16.3. The van der Waals surface area contributed by atoms with E-state index in [1.165, 1.54) is 0 Å². The summed E-state index contributed by atoms with van der Waals surface area (Å²) >= 11 is 0. The van der Waals surface area contributed by atoms with E-state index in [0.29, 0.717) is 12.8 Å². The normalized spacial score (nSPS) is 12.5.